The molecule has 0 aliphatic carbocycles. The lowest BCUT2D eigenvalue weighted by molar-refractivity contribution is -0.0267. The molecule has 0 bridgehead atoms. The largest absolute Gasteiger partial charge is 0.447 e. The molecule has 5 nitrogen and oxygen atoms in total. The normalized spacial score (nSPS) is 24.0. The molecule has 0 saturated carbocycles. The maximum Gasteiger partial charge on any atom is 0.410 e. The van der Waals surface area contributed by atoms with Crippen molar-refractivity contribution in [1.82, 2.24) is 9.88 Å². The summed E-state index contributed by atoms with van der Waals surface area (Å²) in [4.78, 5) is 19.1. The van der Waals surface area contributed by atoms with Gasteiger partial charge in [0.2, 0.25) is 0 Å². The number of pyridine rings is 1. The van der Waals surface area contributed by atoms with Gasteiger partial charge in [-0.25, -0.2) is 18.6 Å². The molecular formula is C13H14BrF2N3O2. The van der Waals surface area contributed by atoms with Gasteiger partial charge in [0.1, 0.15) is 12.4 Å². The van der Waals surface area contributed by atoms with Crippen molar-refractivity contribution >= 4 is 27.8 Å². The van der Waals surface area contributed by atoms with Crippen LogP contribution in [0.3, 0.4) is 0 Å². The topological polar surface area (TPSA) is 45.7 Å². The number of carbonyl (C=O) groups excluding carboxylic acids is 1. The number of alkyl halides is 2. The second kappa shape index (κ2) is 5.08. The van der Waals surface area contributed by atoms with Crippen LogP contribution in [-0.4, -0.2) is 47.6 Å². The van der Waals surface area contributed by atoms with E-state index in [1.165, 1.54) is 4.90 Å². The molecule has 1 unspecified atom stereocenters. The van der Waals surface area contributed by atoms with Gasteiger partial charge in [-0.05, 0) is 35.0 Å². The van der Waals surface area contributed by atoms with Gasteiger partial charge in [-0.1, -0.05) is 0 Å². The number of halogens is 3. The molecule has 1 aromatic rings. The SMILES string of the molecule is CC1COC(=O)N1Cc1nc(N2CC(F)(F)C2)ccc1Br. The van der Waals surface area contributed by atoms with Crippen LogP contribution in [0.1, 0.15) is 12.6 Å². The van der Waals surface area contributed by atoms with Crippen LogP contribution in [0.5, 0.6) is 0 Å². The summed E-state index contributed by atoms with van der Waals surface area (Å²) in [6, 6.07) is 3.43. The fourth-order valence-electron chi connectivity index (χ4n) is 2.36. The van der Waals surface area contributed by atoms with Crippen LogP contribution in [0, 0.1) is 0 Å². The van der Waals surface area contributed by atoms with Crippen LogP contribution in [0.4, 0.5) is 19.4 Å². The standard InChI is InChI=1S/C13H14BrF2N3O2/c1-8-5-21-12(20)19(8)4-10-9(14)2-3-11(17-10)18-6-13(15,16)7-18/h2-3,8H,4-7H2,1H3. The summed E-state index contributed by atoms with van der Waals surface area (Å²) in [5.74, 6) is -2.14. The molecule has 0 radical (unpaired) electrons. The minimum absolute atomic E-state index is 0.0248. The van der Waals surface area contributed by atoms with Crippen LogP contribution < -0.4 is 4.90 Å². The number of carbonyl (C=O) groups is 1. The Morgan fingerprint density at radius 3 is 2.76 bits per heavy atom. The molecule has 1 aromatic heterocycles. The van der Waals surface area contributed by atoms with E-state index in [1.54, 1.807) is 17.0 Å². The maximum absolute atomic E-state index is 12.9. The lowest BCUT2D eigenvalue weighted by Gasteiger charge is -2.39. The predicted octanol–water partition coefficient (Wildman–Crippen LogP) is 2.64. The minimum atomic E-state index is -2.64. The van der Waals surface area contributed by atoms with E-state index in [-0.39, 0.29) is 25.2 Å². The number of amides is 1. The molecule has 8 heteroatoms. The van der Waals surface area contributed by atoms with Gasteiger partial charge in [-0.15, -0.1) is 0 Å². The summed E-state index contributed by atoms with van der Waals surface area (Å²) in [5.41, 5.74) is 0.633. The number of rotatable bonds is 3. The van der Waals surface area contributed by atoms with Crippen molar-refractivity contribution in [2.45, 2.75) is 25.4 Å². The lowest BCUT2D eigenvalue weighted by atomic mass is 10.1. The quantitative estimate of drug-likeness (QED) is 0.830. The highest BCUT2D eigenvalue weighted by Crippen LogP contribution is 2.32. The van der Waals surface area contributed by atoms with E-state index >= 15 is 0 Å². The molecule has 3 heterocycles. The van der Waals surface area contributed by atoms with Gasteiger partial charge >= 0.3 is 6.09 Å². The van der Waals surface area contributed by atoms with Crippen molar-refractivity contribution < 1.29 is 18.3 Å². The molecular weight excluding hydrogens is 348 g/mol. The van der Waals surface area contributed by atoms with Gasteiger partial charge in [0.25, 0.3) is 5.92 Å². The van der Waals surface area contributed by atoms with Crippen molar-refractivity contribution in [3.63, 3.8) is 0 Å². The number of cyclic esters (lactones) is 1. The van der Waals surface area contributed by atoms with Gasteiger partial charge in [-0.3, -0.25) is 4.90 Å². The molecule has 21 heavy (non-hydrogen) atoms. The highest BCUT2D eigenvalue weighted by Gasteiger charge is 2.44. The van der Waals surface area contributed by atoms with Crippen molar-refractivity contribution in [2.24, 2.45) is 0 Å². The Kier molecular flexibility index (Phi) is 3.51. The summed E-state index contributed by atoms with van der Waals surface area (Å²) in [5, 5.41) is 0. The minimum Gasteiger partial charge on any atom is -0.447 e. The third-order valence-corrected chi connectivity index (χ3v) is 4.33. The van der Waals surface area contributed by atoms with E-state index in [1.807, 2.05) is 6.92 Å². The summed E-state index contributed by atoms with van der Waals surface area (Å²) < 4.78 is 31.6. The number of hydrogen-bond donors (Lipinski definition) is 0. The number of ether oxygens (including phenoxy) is 1. The molecule has 114 valence electrons. The molecule has 1 atom stereocenters. The number of anilines is 1. The van der Waals surface area contributed by atoms with Gasteiger partial charge < -0.3 is 9.64 Å². The van der Waals surface area contributed by atoms with E-state index in [2.05, 4.69) is 20.9 Å². The number of hydrogen-bond acceptors (Lipinski definition) is 4. The Hall–Kier alpha value is -1.44. The highest BCUT2D eigenvalue weighted by molar-refractivity contribution is 9.10. The summed E-state index contributed by atoms with van der Waals surface area (Å²) in [6.07, 6.45) is -0.378. The first-order valence-electron chi connectivity index (χ1n) is 6.57. The van der Waals surface area contributed by atoms with Crippen LogP contribution in [0.25, 0.3) is 0 Å². The van der Waals surface area contributed by atoms with Crippen LogP contribution >= 0.6 is 15.9 Å². The van der Waals surface area contributed by atoms with Crippen molar-refractivity contribution in [3.8, 4) is 0 Å². The van der Waals surface area contributed by atoms with Gasteiger partial charge in [0, 0.05) is 4.47 Å². The van der Waals surface area contributed by atoms with E-state index in [4.69, 9.17) is 4.74 Å². The molecule has 2 saturated heterocycles. The third kappa shape index (κ3) is 2.81. The Morgan fingerprint density at radius 2 is 2.19 bits per heavy atom. The van der Waals surface area contributed by atoms with Gasteiger partial charge in [-0.2, -0.15) is 0 Å². The van der Waals surface area contributed by atoms with E-state index < -0.39 is 5.92 Å². The summed E-state index contributed by atoms with van der Waals surface area (Å²) >= 11 is 3.38. The highest BCUT2D eigenvalue weighted by atomic mass is 79.9. The third-order valence-electron chi connectivity index (χ3n) is 3.61. The molecule has 2 aliphatic heterocycles. The fraction of sp³-hybridized carbons (Fsp3) is 0.538. The summed E-state index contributed by atoms with van der Waals surface area (Å²) in [7, 11) is 0. The first-order valence-corrected chi connectivity index (χ1v) is 7.37. The second-order valence-electron chi connectivity index (χ2n) is 5.36. The number of aromatic nitrogens is 1. The zero-order valence-electron chi connectivity index (χ0n) is 11.4. The predicted molar refractivity (Wildman–Crippen MR) is 75.5 cm³/mol. The first kappa shape index (κ1) is 14.5. The lowest BCUT2D eigenvalue weighted by Crippen LogP contribution is -2.56. The molecule has 0 spiro atoms. The molecule has 0 N–H and O–H groups in total. The zero-order valence-corrected chi connectivity index (χ0v) is 12.9. The second-order valence-corrected chi connectivity index (χ2v) is 6.22. The average Bonchev–Trinajstić information content (AvgIpc) is 2.70. The zero-order chi connectivity index (χ0) is 15.2. The Bertz CT molecular complexity index is 577. The maximum atomic E-state index is 12.9. The van der Waals surface area contributed by atoms with Crippen LogP contribution in [0.2, 0.25) is 0 Å². The van der Waals surface area contributed by atoms with Crippen molar-refractivity contribution in [3.05, 3.63) is 22.3 Å². The Labute approximate surface area is 129 Å². The van der Waals surface area contributed by atoms with Gasteiger partial charge in [0.15, 0.2) is 0 Å². The molecule has 0 aromatic carbocycles. The first-order chi connectivity index (χ1) is 9.85. The van der Waals surface area contributed by atoms with E-state index in [0.29, 0.717) is 24.7 Å². The molecule has 3 rings (SSSR count). The number of nitrogens with zero attached hydrogens (tertiary/aromatic N) is 3. The smallest absolute Gasteiger partial charge is 0.410 e. The van der Waals surface area contributed by atoms with Crippen molar-refractivity contribution in [2.75, 3.05) is 24.6 Å². The van der Waals surface area contributed by atoms with E-state index in [0.717, 1.165) is 4.47 Å². The Morgan fingerprint density at radius 1 is 1.48 bits per heavy atom. The van der Waals surface area contributed by atoms with Crippen LogP contribution in [0.15, 0.2) is 16.6 Å². The molecule has 2 fully saturated rings. The Balaban J connectivity index is 1.77. The van der Waals surface area contributed by atoms with Gasteiger partial charge in [0.05, 0.1) is 31.4 Å². The average molecular weight is 362 g/mol. The fourth-order valence-corrected chi connectivity index (χ4v) is 2.71. The monoisotopic (exact) mass is 361 g/mol. The van der Waals surface area contributed by atoms with Crippen LogP contribution in [-0.2, 0) is 11.3 Å². The summed E-state index contributed by atoms with van der Waals surface area (Å²) in [6.45, 7) is 1.90. The van der Waals surface area contributed by atoms with E-state index in [9.17, 15) is 13.6 Å². The molecule has 1 amide bonds. The molecule has 2 aliphatic rings. The van der Waals surface area contributed by atoms with Crippen molar-refractivity contribution in [1.29, 1.82) is 0 Å².